The number of rotatable bonds is 5. The van der Waals surface area contributed by atoms with Gasteiger partial charge in [0, 0.05) is 28.3 Å². The topological polar surface area (TPSA) is 54.4 Å². The number of aliphatic hydroxyl groups is 1. The van der Waals surface area contributed by atoms with Crippen LogP contribution in [0.25, 0.3) is 5.76 Å². The summed E-state index contributed by atoms with van der Waals surface area (Å²) in [5, 5.41) is 10.2. The molecule has 0 unspecified atom stereocenters. The lowest BCUT2D eigenvalue weighted by Gasteiger charge is -2.07. The van der Waals surface area contributed by atoms with Crippen molar-refractivity contribution in [2.24, 2.45) is 0 Å². The second-order valence-corrected chi connectivity index (χ2v) is 5.50. The van der Waals surface area contributed by atoms with E-state index in [0.717, 1.165) is 6.08 Å². The van der Waals surface area contributed by atoms with Crippen LogP contribution >= 0.6 is 0 Å². The lowest BCUT2D eigenvalue weighted by Crippen LogP contribution is -2.09. The van der Waals surface area contributed by atoms with Crippen LogP contribution in [0.3, 0.4) is 0 Å². The zero-order chi connectivity index (χ0) is 17.6. The predicted molar refractivity (Wildman–Crippen MR) is 97.7 cm³/mol. The predicted octanol–water partition coefficient (Wildman–Crippen LogP) is 4.70. The molecular formula is C22H16O3. The van der Waals surface area contributed by atoms with E-state index in [1.54, 1.807) is 72.8 Å². The largest absolute Gasteiger partial charge is 0.507 e. The fourth-order valence-corrected chi connectivity index (χ4v) is 2.54. The van der Waals surface area contributed by atoms with Crippen LogP contribution in [-0.4, -0.2) is 16.7 Å². The molecule has 0 amide bonds. The number of hydrogen-bond acceptors (Lipinski definition) is 3. The second-order valence-electron chi connectivity index (χ2n) is 5.50. The summed E-state index contributed by atoms with van der Waals surface area (Å²) >= 11 is 0. The summed E-state index contributed by atoms with van der Waals surface area (Å²) in [4.78, 5) is 25.3. The Morgan fingerprint density at radius 1 is 0.640 bits per heavy atom. The van der Waals surface area contributed by atoms with Crippen LogP contribution in [0.1, 0.15) is 31.8 Å². The normalized spacial score (nSPS) is 11.1. The Kier molecular flexibility index (Phi) is 4.86. The molecule has 3 heteroatoms. The molecule has 0 atom stereocenters. The minimum atomic E-state index is -0.416. The van der Waals surface area contributed by atoms with Gasteiger partial charge in [-0.05, 0) is 0 Å². The molecule has 0 aliphatic carbocycles. The van der Waals surface area contributed by atoms with Crippen molar-refractivity contribution in [1.29, 1.82) is 0 Å². The summed E-state index contributed by atoms with van der Waals surface area (Å²) in [5.41, 5.74) is 1.64. The molecule has 0 aliphatic heterocycles. The van der Waals surface area contributed by atoms with Crippen LogP contribution in [0.2, 0.25) is 0 Å². The Balaban J connectivity index is 1.96. The van der Waals surface area contributed by atoms with Crippen LogP contribution in [0.5, 0.6) is 0 Å². The van der Waals surface area contributed by atoms with Crippen molar-refractivity contribution in [2.75, 3.05) is 0 Å². The van der Waals surface area contributed by atoms with Gasteiger partial charge in [0.15, 0.2) is 11.6 Å². The fraction of sp³-hybridized carbons (Fsp3) is 0. The van der Waals surface area contributed by atoms with Gasteiger partial charge >= 0.3 is 0 Å². The monoisotopic (exact) mass is 328 g/mol. The van der Waals surface area contributed by atoms with Crippen molar-refractivity contribution in [2.45, 2.75) is 0 Å². The van der Waals surface area contributed by atoms with Gasteiger partial charge in [0.2, 0.25) is 0 Å². The summed E-state index contributed by atoms with van der Waals surface area (Å²) in [6.07, 6.45) is 1.15. The summed E-state index contributed by atoms with van der Waals surface area (Å²) < 4.78 is 0. The lowest BCUT2D eigenvalue weighted by molar-refractivity contribution is 0.101. The van der Waals surface area contributed by atoms with Crippen molar-refractivity contribution in [3.05, 3.63) is 113 Å². The zero-order valence-electron chi connectivity index (χ0n) is 13.4. The number of carbonyl (C=O) groups is 2. The minimum Gasteiger partial charge on any atom is -0.507 e. The number of carbonyl (C=O) groups excluding carboxylic acids is 2. The van der Waals surface area contributed by atoms with Crippen molar-refractivity contribution in [3.63, 3.8) is 0 Å². The van der Waals surface area contributed by atoms with Gasteiger partial charge in [-0.15, -0.1) is 0 Å². The summed E-state index contributed by atoms with van der Waals surface area (Å²) in [5.74, 6) is -0.772. The summed E-state index contributed by atoms with van der Waals surface area (Å²) in [6.45, 7) is 0. The van der Waals surface area contributed by atoms with Crippen molar-refractivity contribution >= 4 is 17.3 Å². The quantitative estimate of drug-likeness (QED) is 0.419. The SMILES string of the molecule is O=C(/C=C(\O)c1ccccc1)c1ccccc1C(=O)c1ccccc1. The van der Waals surface area contributed by atoms with E-state index < -0.39 is 5.78 Å². The molecule has 0 aliphatic rings. The van der Waals surface area contributed by atoms with Gasteiger partial charge in [-0.2, -0.15) is 0 Å². The molecule has 0 heterocycles. The van der Waals surface area contributed by atoms with Gasteiger partial charge in [0.05, 0.1) is 0 Å². The first-order valence-corrected chi connectivity index (χ1v) is 7.86. The molecule has 0 bridgehead atoms. The van der Waals surface area contributed by atoms with E-state index in [2.05, 4.69) is 0 Å². The van der Waals surface area contributed by atoms with Crippen molar-refractivity contribution in [3.8, 4) is 0 Å². The number of aliphatic hydroxyl groups excluding tert-OH is 1. The minimum absolute atomic E-state index is 0.132. The first-order valence-electron chi connectivity index (χ1n) is 7.86. The number of hydrogen-bond donors (Lipinski definition) is 1. The van der Waals surface area contributed by atoms with Crippen LogP contribution < -0.4 is 0 Å². The average Bonchev–Trinajstić information content (AvgIpc) is 2.68. The molecule has 122 valence electrons. The van der Waals surface area contributed by atoms with E-state index in [1.807, 2.05) is 12.1 Å². The van der Waals surface area contributed by atoms with Gasteiger partial charge in [0.25, 0.3) is 0 Å². The number of benzene rings is 3. The van der Waals surface area contributed by atoms with Crippen LogP contribution in [0.4, 0.5) is 0 Å². The van der Waals surface area contributed by atoms with Gasteiger partial charge in [0.1, 0.15) is 5.76 Å². The van der Waals surface area contributed by atoms with Crippen LogP contribution in [0, 0.1) is 0 Å². The molecular weight excluding hydrogens is 312 g/mol. The average molecular weight is 328 g/mol. The standard InChI is InChI=1S/C22H16O3/c23-20(16-9-3-1-4-10-16)15-21(24)18-13-7-8-14-19(18)22(25)17-11-5-2-6-12-17/h1-15,23H/b20-15-. The molecule has 3 aromatic carbocycles. The number of allylic oxidation sites excluding steroid dienone is 1. The van der Waals surface area contributed by atoms with E-state index in [-0.39, 0.29) is 17.1 Å². The third-order valence-electron chi connectivity index (χ3n) is 3.81. The Hall–Kier alpha value is -3.46. The van der Waals surface area contributed by atoms with E-state index in [0.29, 0.717) is 16.7 Å². The molecule has 0 aromatic heterocycles. The molecule has 0 fully saturated rings. The van der Waals surface area contributed by atoms with Gasteiger partial charge in [-0.1, -0.05) is 84.9 Å². The first-order chi connectivity index (χ1) is 12.2. The zero-order valence-corrected chi connectivity index (χ0v) is 13.4. The van der Waals surface area contributed by atoms with E-state index >= 15 is 0 Å². The molecule has 3 aromatic rings. The molecule has 0 saturated heterocycles. The highest BCUT2D eigenvalue weighted by molar-refractivity contribution is 6.18. The molecule has 0 spiro atoms. The van der Waals surface area contributed by atoms with Crippen LogP contribution in [0.15, 0.2) is 91.0 Å². The van der Waals surface area contributed by atoms with Gasteiger partial charge in [-0.25, -0.2) is 0 Å². The maximum atomic E-state index is 12.7. The molecule has 1 N–H and O–H groups in total. The van der Waals surface area contributed by atoms with Gasteiger partial charge in [-0.3, -0.25) is 9.59 Å². The highest BCUT2D eigenvalue weighted by Crippen LogP contribution is 2.18. The fourth-order valence-electron chi connectivity index (χ4n) is 2.54. The van der Waals surface area contributed by atoms with Crippen LogP contribution in [-0.2, 0) is 0 Å². The lowest BCUT2D eigenvalue weighted by atomic mass is 9.95. The highest BCUT2D eigenvalue weighted by Gasteiger charge is 2.17. The molecule has 3 nitrogen and oxygen atoms in total. The molecule has 0 saturated carbocycles. The summed E-state index contributed by atoms with van der Waals surface area (Å²) in [7, 11) is 0. The molecule has 3 rings (SSSR count). The Morgan fingerprint density at radius 3 is 1.72 bits per heavy atom. The maximum absolute atomic E-state index is 12.7. The van der Waals surface area contributed by atoms with E-state index in [9.17, 15) is 14.7 Å². The highest BCUT2D eigenvalue weighted by atomic mass is 16.3. The molecule has 0 radical (unpaired) electrons. The third kappa shape index (κ3) is 3.72. The number of ketones is 2. The smallest absolute Gasteiger partial charge is 0.193 e. The first kappa shape index (κ1) is 16.4. The van der Waals surface area contributed by atoms with Gasteiger partial charge < -0.3 is 5.11 Å². The van der Waals surface area contributed by atoms with E-state index in [4.69, 9.17) is 0 Å². The molecule has 25 heavy (non-hydrogen) atoms. The van der Waals surface area contributed by atoms with Crippen molar-refractivity contribution in [1.82, 2.24) is 0 Å². The second kappa shape index (κ2) is 7.41. The Labute approximate surface area is 145 Å². The third-order valence-corrected chi connectivity index (χ3v) is 3.81. The summed E-state index contributed by atoms with van der Waals surface area (Å²) in [6, 6.07) is 24.2. The Morgan fingerprint density at radius 2 is 1.12 bits per heavy atom. The van der Waals surface area contributed by atoms with Crippen molar-refractivity contribution < 1.29 is 14.7 Å². The Bertz CT molecular complexity index is 926. The maximum Gasteiger partial charge on any atom is 0.193 e. The van der Waals surface area contributed by atoms with E-state index in [1.165, 1.54) is 0 Å².